The number of unbranched alkanes of at least 4 members (excludes halogenated alkanes) is 2. The van der Waals surface area contributed by atoms with Crippen LogP contribution in [-0.4, -0.2) is 31.1 Å². The molecule has 0 saturated heterocycles. The van der Waals surface area contributed by atoms with E-state index in [1.165, 1.54) is 38.8 Å². The maximum absolute atomic E-state index is 5.89. The molecule has 118 valence electrons. The summed E-state index contributed by atoms with van der Waals surface area (Å²) >= 11 is 0. The summed E-state index contributed by atoms with van der Waals surface area (Å²) in [4.78, 5) is 2.58. The van der Waals surface area contributed by atoms with E-state index in [1.54, 1.807) is 0 Å². The van der Waals surface area contributed by atoms with Crippen LogP contribution in [0.15, 0.2) is 30.8 Å². The summed E-state index contributed by atoms with van der Waals surface area (Å²) in [6.07, 6.45) is 8.06. The summed E-state index contributed by atoms with van der Waals surface area (Å²) in [5.41, 5.74) is 1.08. The average Bonchev–Trinajstić information content (AvgIpc) is 2.53. The molecule has 1 aromatic rings. The van der Waals surface area contributed by atoms with Crippen molar-refractivity contribution < 1.29 is 4.74 Å². The molecule has 0 spiro atoms. The molecule has 0 unspecified atom stereocenters. The molecule has 0 fully saturated rings. The summed E-state index contributed by atoms with van der Waals surface area (Å²) in [5, 5.41) is 0. The Hall–Kier alpha value is -1.28. The first-order chi connectivity index (χ1) is 10.3. The van der Waals surface area contributed by atoms with Crippen LogP contribution in [0.1, 0.15) is 51.5 Å². The molecule has 21 heavy (non-hydrogen) atoms. The van der Waals surface area contributed by atoms with E-state index in [0.29, 0.717) is 0 Å². The largest absolute Gasteiger partial charge is 0.493 e. The third-order valence-corrected chi connectivity index (χ3v) is 3.67. The zero-order valence-electron chi connectivity index (χ0n) is 13.8. The summed E-state index contributed by atoms with van der Waals surface area (Å²) in [5.74, 6) is 0.946. The van der Waals surface area contributed by atoms with Gasteiger partial charge in [0.1, 0.15) is 5.75 Å². The normalized spacial score (nSPS) is 10.8. The lowest BCUT2D eigenvalue weighted by Gasteiger charge is -2.22. The molecule has 0 atom stereocenters. The van der Waals surface area contributed by atoms with Crippen molar-refractivity contribution in [2.45, 2.75) is 46.0 Å². The maximum Gasteiger partial charge on any atom is 0.126 e. The SMILES string of the molecule is C=Cc1ccccc1OCCCN(CCCC)CCCC. The number of hydrogen-bond donors (Lipinski definition) is 0. The van der Waals surface area contributed by atoms with Crippen LogP contribution >= 0.6 is 0 Å². The van der Waals surface area contributed by atoms with Gasteiger partial charge in [0.2, 0.25) is 0 Å². The Labute approximate surface area is 130 Å². The van der Waals surface area contributed by atoms with Gasteiger partial charge in [0.25, 0.3) is 0 Å². The van der Waals surface area contributed by atoms with Gasteiger partial charge >= 0.3 is 0 Å². The summed E-state index contributed by atoms with van der Waals surface area (Å²) in [6.45, 7) is 12.7. The maximum atomic E-state index is 5.89. The molecule has 0 saturated carbocycles. The van der Waals surface area contributed by atoms with Gasteiger partial charge in [-0.25, -0.2) is 0 Å². The highest BCUT2D eigenvalue weighted by Gasteiger charge is 2.04. The van der Waals surface area contributed by atoms with Gasteiger partial charge in [0.05, 0.1) is 6.61 Å². The van der Waals surface area contributed by atoms with E-state index in [4.69, 9.17) is 4.74 Å². The third-order valence-electron chi connectivity index (χ3n) is 3.67. The van der Waals surface area contributed by atoms with Crippen molar-refractivity contribution in [1.29, 1.82) is 0 Å². The molecule has 0 aliphatic carbocycles. The molecule has 0 heterocycles. The van der Waals surface area contributed by atoms with Gasteiger partial charge in [-0.15, -0.1) is 0 Å². The number of ether oxygens (including phenoxy) is 1. The smallest absolute Gasteiger partial charge is 0.126 e. The van der Waals surface area contributed by atoms with E-state index >= 15 is 0 Å². The van der Waals surface area contributed by atoms with Crippen molar-refractivity contribution in [2.24, 2.45) is 0 Å². The Morgan fingerprint density at radius 1 is 1.00 bits per heavy atom. The fraction of sp³-hybridized carbons (Fsp3) is 0.579. The molecule has 0 radical (unpaired) electrons. The van der Waals surface area contributed by atoms with Crippen LogP contribution in [0, 0.1) is 0 Å². The van der Waals surface area contributed by atoms with Crippen LogP contribution < -0.4 is 4.74 Å². The minimum atomic E-state index is 0.777. The van der Waals surface area contributed by atoms with Crippen molar-refractivity contribution in [3.8, 4) is 5.75 Å². The predicted molar refractivity (Wildman–Crippen MR) is 92.9 cm³/mol. The molecule has 0 amide bonds. The Bertz CT molecular complexity index is 381. The monoisotopic (exact) mass is 289 g/mol. The first-order valence-corrected chi connectivity index (χ1v) is 8.38. The molecule has 0 bridgehead atoms. The van der Waals surface area contributed by atoms with E-state index in [9.17, 15) is 0 Å². The van der Waals surface area contributed by atoms with Crippen molar-refractivity contribution in [3.63, 3.8) is 0 Å². The highest BCUT2D eigenvalue weighted by atomic mass is 16.5. The Kier molecular flexibility index (Phi) is 9.64. The van der Waals surface area contributed by atoms with Crippen LogP contribution in [0.3, 0.4) is 0 Å². The van der Waals surface area contributed by atoms with Crippen LogP contribution in [0.25, 0.3) is 6.08 Å². The Balaban J connectivity index is 2.30. The van der Waals surface area contributed by atoms with Crippen molar-refractivity contribution in [2.75, 3.05) is 26.2 Å². The van der Waals surface area contributed by atoms with Crippen LogP contribution in [0.2, 0.25) is 0 Å². The highest BCUT2D eigenvalue weighted by molar-refractivity contribution is 5.55. The Morgan fingerprint density at radius 3 is 2.24 bits per heavy atom. The van der Waals surface area contributed by atoms with Gasteiger partial charge in [-0.05, 0) is 38.4 Å². The second-order valence-electron chi connectivity index (χ2n) is 5.49. The molecule has 0 aromatic heterocycles. The average molecular weight is 289 g/mol. The molecule has 2 heteroatoms. The van der Waals surface area contributed by atoms with Gasteiger partial charge in [0.15, 0.2) is 0 Å². The van der Waals surface area contributed by atoms with Gasteiger partial charge in [-0.1, -0.05) is 57.5 Å². The zero-order valence-corrected chi connectivity index (χ0v) is 13.8. The van der Waals surface area contributed by atoms with Crippen molar-refractivity contribution >= 4 is 6.08 Å². The number of para-hydroxylation sites is 1. The zero-order chi connectivity index (χ0) is 15.3. The molecule has 0 aliphatic rings. The number of hydrogen-bond acceptors (Lipinski definition) is 2. The molecule has 1 aromatic carbocycles. The predicted octanol–water partition coefficient (Wildman–Crippen LogP) is 5.00. The van der Waals surface area contributed by atoms with E-state index in [-0.39, 0.29) is 0 Å². The molecule has 0 aliphatic heterocycles. The highest BCUT2D eigenvalue weighted by Crippen LogP contribution is 2.18. The molecule has 0 N–H and O–H groups in total. The number of benzene rings is 1. The quantitative estimate of drug-likeness (QED) is 0.502. The van der Waals surface area contributed by atoms with E-state index in [2.05, 4.69) is 25.3 Å². The number of rotatable bonds is 12. The van der Waals surface area contributed by atoms with Crippen molar-refractivity contribution in [1.82, 2.24) is 4.90 Å². The molecular formula is C19H31NO. The van der Waals surface area contributed by atoms with Crippen LogP contribution in [-0.2, 0) is 0 Å². The van der Waals surface area contributed by atoms with Gasteiger partial charge < -0.3 is 9.64 Å². The van der Waals surface area contributed by atoms with Gasteiger partial charge in [-0.3, -0.25) is 0 Å². The fourth-order valence-electron chi connectivity index (χ4n) is 2.35. The molecular weight excluding hydrogens is 258 g/mol. The standard InChI is InChI=1S/C19H31NO/c1-4-7-14-20(15-8-5-2)16-11-17-21-19-13-10-9-12-18(19)6-3/h6,9-10,12-13H,3-5,7-8,11,14-17H2,1-2H3. The van der Waals surface area contributed by atoms with Crippen LogP contribution in [0.5, 0.6) is 5.75 Å². The lowest BCUT2D eigenvalue weighted by molar-refractivity contribution is 0.229. The minimum Gasteiger partial charge on any atom is -0.493 e. The van der Waals surface area contributed by atoms with Crippen molar-refractivity contribution in [3.05, 3.63) is 36.4 Å². The minimum absolute atomic E-state index is 0.777. The molecule has 2 nitrogen and oxygen atoms in total. The Morgan fingerprint density at radius 2 is 1.62 bits per heavy atom. The fourth-order valence-corrected chi connectivity index (χ4v) is 2.35. The molecule has 1 rings (SSSR count). The third kappa shape index (κ3) is 7.33. The van der Waals surface area contributed by atoms with Gasteiger partial charge in [0, 0.05) is 12.1 Å². The second kappa shape index (κ2) is 11.4. The summed E-state index contributed by atoms with van der Waals surface area (Å²) in [6, 6.07) is 8.08. The lowest BCUT2D eigenvalue weighted by atomic mass is 10.2. The van der Waals surface area contributed by atoms with Crippen LogP contribution in [0.4, 0.5) is 0 Å². The topological polar surface area (TPSA) is 12.5 Å². The van der Waals surface area contributed by atoms with E-state index in [1.807, 2.05) is 30.3 Å². The lowest BCUT2D eigenvalue weighted by Crippen LogP contribution is -2.28. The number of nitrogens with zero attached hydrogens (tertiary/aromatic N) is 1. The summed E-state index contributed by atoms with van der Waals surface area (Å²) in [7, 11) is 0. The second-order valence-corrected chi connectivity index (χ2v) is 5.49. The first kappa shape index (κ1) is 17.8. The van der Waals surface area contributed by atoms with E-state index < -0.39 is 0 Å². The van der Waals surface area contributed by atoms with E-state index in [0.717, 1.165) is 30.9 Å². The first-order valence-electron chi connectivity index (χ1n) is 8.38. The summed E-state index contributed by atoms with van der Waals surface area (Å²) < 4.78 is 5.89. The van der Waals surface area contributed by atoms with Gasteiger partial charge in [-0.2, -0.15) is 0 Å².